The van der Waals surface area contributed by atoms with Crippen molar-refractivity contribution < 1.29 is 14.4 Å². The molecule has 0 fully saturated rings. The standard InChI is InChI=1S/C13H16N2O3/c1-8(2)11(17-3)12-14-13(18-15-12)9-5-4-6-10(16)7-9/h4-8,11,16H,1-3H3. The molecule has 1 unspecified atom stereocenters. The van der Waals surface area contributed by atoms with Crippen LogP contribution in [0.25, 0.3) is 11.5 Å². The summed E-state index contributed by atoms with van der Waals surface area (Å²) in [5.41, 5.74) is 0.687. The first-order chi connectivity index (χ1) is 8.61. The smallest absolute Gasteiger partial charge is 0.258 e. The Labute approximate surface area is 105 Å². The molecule has 1 N–H and O–H groups in total. The number of ether oxygens (including phenoxy) is 1. The summed E-state index contributed by atoms with van der Waals surface area (Å²) in [6.07, 6.45) is -0.195. The van der Waals surface area contributed by atoms with E-state index in [1.165, 1.54) is 0 Å². The van der Waals surface area contributed by atoms with Gasteiger partial charge < -0.3 is 14.4 Å². The van der Waals surface area contributed by atoms with Crippen LogP contribution >= 0.6 is 0 Å². The van der Waals surface area contributed by atoms with Crippen molar-refractivity contribution in [3.63, 3.8) is 0 Å². The third-order valence-corrected chi connectivity index (χ3v) is 2.65. The van der Waals surface area contributed by atoms with Gasteiger partial charge in [0.1, 0.15) is 11.9 Å². The van der Waals surface area contributed by atoms with Gasteiger partial charge in [0.15, 0.2) is 0 Å². The van der Waals surface area contributed by atoms with Crippen LogP contribution in [0, 0.1) is 5.92 Å². The largest absolute Gasteiger partial charge is 0.508 e. The third-order valence-electron chi connectivity index (χ3n) is 2.65. The highest BCUT2D eigenvalue weighted by molar-refractivity contribution is 5.55. The number of methoxy groups -OCH3 is 1. The van der Waals surface area contributed by atoms with Crippen LogP contribution in [0.1, 0.15) is 25.8 Å². The summed E-state index contributed by atoms with van der Waals surface area (Å²) in [5, 5.41) is 13.3. The highest BCUT2D eigenvalue weighted by Gasteiger charge is 2.21. The van der Waals surface area contributed by atoms with Crippen LogP contribution in [0.5, 0.6) is 5.75 Å². The molecule has 2 aromatic rings. The van der Waals surface area contributed by atoms with Crippen molar-refractivity contribution in [2.75, 3.05) is 7.11 Å². The van der Waals surface area contributed by atoms with Crippen molar-refractivity contribution >= 4 is 0 Å². The second kappa shape index (κ2) is 5.18. The molecule has 18 heavy (non-hydrogen) atoms. The van der Waals surface area contributed by atoms with Crippen LogP contribution in [0.4, 0.5) is 0 Å². The van der Waals surface area contributed by atoms with E-state index in [0.717, 1.165) is 0 Å². The van der Waals surface area contributed by atoms with Gasteiger partial charge in [-0.05, 0) is 24.1 Å². The molecule has 1 aromatic carbocycles. The van der Waals surface area contributed by atoms with E-state index in [1.54, 1.807) is 31.4 Å². The zero-order chi connectivity index (χ0) is 13.1. The SMILES string of the molecule is COC(c1noc(-c2cccc(O)c2)n1)C(C)C. The first-order valence-electron chi connectivity index (χ1n) is 5.77. The lowest BCUT2D eigenvalue weighted by atomic mass is 10.1. The predicted molar refractivity (Wildman–Crippen MR) is 66.0 cm³/mol. The van der Waals surface area contributed by atoms with E-state index in [2.05, 4.69) is 10.1 Å². The van der Waals surface area contributed by atoms with Crippen LogP contribution in [-0.2, 0) is 4.74 Å². The number of hydrogen-bond acceptors (Lipinski definition) is 5. The van der Waals surface area contributed by atoms with Crippen molar-refractivity contribution in [1.29, 1.82) is 0 Å². The molecule has 0 aliphatic carbocycles. The Morgan fingerprint density at radius 1 is 1.33 bits per heavy atom. The van der Waals surface area contributed by atoms with Gasteiger partial charge in [-0.2, -0.15) is 4.98 Å². The second-order valence-electron chi connectivity index (χ2n) is 4.41. The van der Waals surface area contributed by atoms with E-state index in [-0.39, 0.29) is 17.8 Å². The fourth-order valence-electron chi connectivity index (χ4n) is 1.78. The lowest BCUT2D eigenvalue weighted by Crippen LogP contribution is -2.10. The van der Waals surface area contributed by atoms with Gasteiger partial charge in [0.05, 0.1) is 0 Å². The maximum absolute atomic E-state index is 9.41. The van der Waals surface area contributed by atoms with E-state index in [0.29, 0.717) is 17.3 Å². The number of rotatable bonds is 4. The molecular weight excluding hydrogens is 232 g/mol. The maximum Gasteiger partial charge on any atom is 0.258 e. The molecule has 0 saturated heterocycles. The summed E-state index contributed by atoms with van der Waals surface area (Å²) in [5.74, 6) is 1.32. The fourth-order valence-corrected chi connectivity index (χ4v) is 1.78. The lowest BCUT2D eigenvalue weighted by molar-refractivity contribution is 0.0556. The molecule has 5 nitrogen and oxygen atoms in total. The van der Waals surface area contributed by atoms with Crippen LogP contribution in [0.3, 0.4) is 0 Å². The van der Waals surface area contributed by atoms with E-state index >= 15 is 0 Å². The maximum atomic E-state index is 9.41. The second-order valence-corrected chi connectivity index (χ2v) is 4.41. The number of nitrogens with zero attached hydrogens (tertiary/aromatic N) is 2. The quantitative estimate of drug-likeness (QED) is 0.901. The van der Waals surface area contributed by atoms with Crippen LogP contribution in [0.15, 0.2) is 28.8 Å². The molecule has 96 valence electrons. The minimum atomic E-state index is -0.195. The summed E-state index contributed by atoms with van der Waals surface area (Å²) in [4.78, 5) is 4.30. The average molecular weight is 248 g/mol. The molecular formula is C13H16N2O3. The van der Waals surface area contributed by atoms with Gasteiger partial charge in [0.25, 0.3) is 5.89 Å². The monoisotopic (exact) mass is 248 g/mol. The zero-order valence-corrected chi connectivity index (χ0v) is 10.6. The first kappa shape index (κ1) is 12.6. The summed E-state index contributed by atoms with van der Waals surface area (Å²) in [6.45, 7) is 4.05. The fraction of sp³-hybridized carbons (Fsp3) is 0.385. The number of phenolic OH excluding ortho intramolecular Hbond substituents is 1. The number of aromatic hydroxyl groups is 1. The summed E-state index contributed by atoms with van der Waals surface area (Å²) in [7, 11) is 1.62. The van der Waals surface area contributed by atoms with Gasteiger partial charge in [0.2, 0.25) is 5.82 Å². The normalized spacial score (nSPS) is 12.9. The molecule has 0 amide bonds. The Balaban J connectivity index is 2.30. The van der Waals surface area contributed by atoms with E-state index in [4.69, 9.17) is 9.26 Å². The molecule has 0 bridgehead atoms. The lowest BCUT2D eigenvalue weighted by Gasteiger charge is -2.14. The van der Waals surface area contributed by atoms with Gasteiger partial charge in [-0.25, -0.2) is 0 Å². The third kappa shape index (κ3) is 2.51. The Morgan fingerprint density at radius 3 is 2.72 bits per heavy atom. The average Bonchev–Trinajstić information content (AvgIpc) is 2.79. The van der Waals surface area contributed by atoms with Crippen molar-refractivity contribution in [3.05, 3.63) is 30.1 Å². The Morgan fingerprint density at radius 2 is 2.11 bits per heavy atom. The first-order valence-corrected chi connectivity index (χ1v) is 5.77. The molecule has 2 rings (SSSR count). The minimum absolute atomic E-state index is 0.166. The highest BCUT2D eigenvalue weighted by Crippen LogP contribution is 2.26. The molecule has 0 aliphatic rings. The summed E-state index contributed by atoms with van der Waals surface area (Å²) >= 11 is 0. The van der Waals surface area contributed by atoms with Crippen molar-refractivity contribution in [1.82, 2.24) is 10.1 Å². The van der Waals surface area contributed by atoms with Crippen molar-refractivity contribution in [2.24, 2.45) is 5.92 Å². The topological polar surface area (TPSA) is 68.4 Å². The van der Waals surface area contributed by atoms with Gasteiger partial charge in [-0.15, -0.1) is 0 Å². The van der Waals surface area contributed by atoms with E-state index in [1.807, 2.05) is 13.8 Å². The van der Waals surface area contributed by atoms with Gasteiger partial charge in [-0.3, -0.25) is 0 Å². The number of phenols is 1. The zero-order valence-electron chi connectivity index (χ0n) is 10.6. The Kier molecular flexibility index (Phi) is 3.62. The Hall–Kier alpha value is -1.88. The number of benzene rings is 1. The van der Waals surface area contributed by atoms with Crippen LogP contribution in [-0.4, -0.2) is 22.4 Å². The van der Waals surface area contributed by atoms with Gasteiger partial charge in [-0.1, -0.05) is 25.1 Å². The van der Waals surface area contributed by atoms with Crippen LogP contribution in [0.2, 0.25) is 0 Å². The molecule has 0 saturated carbocycles. The molecule has 1 aromatic heterocycles. The summed E-state index contributed by atoms with van der Waals surface area (Å²) < 4.78 is 10.5. The molecule has 0 aliphatic heterocycles. The van der Waals surface area contributed by atoms with Crippen LogP contribution < -0.4 is 0 Å². The molecule has 5 heteroatoms. The number of aromatic nitrogens is 2. The van der Waals surface area contributed by atoms with E-state index < -0.39 is 0 Å². The molecule has 1 heterocycles. The van der Waals surface area contributed by atoms with Crippen molar-refractivity contribution in [2.45, 2.75) is 20.0 Å². The van der Waals surface area contributed by atoms with Gasteiger partial charge >= 0.3 is 0 Å². The van der Waals surface area contributed by atoms with E-state index in [9.17, 15) is 5.11 Å². The molecule has 1 atom stereocenters. The number of hydrogen-bond donors (Lipinski definition) is 1. The van der Waals surface area contributed by atoms with Crippen molar-refractivity contribution in [3.8, 4) is 17.2 Å². The molecule has 0 spiro atoms. The molecule has 0 radical (unpaired) electrons. The van der Waals surface area contributed by atoms with Gasteiger partial charge in [0, 0.05) is 12.7 Å². The predicted octanol–water partition coefficient (Wildman–Crippen LogP) is 2.79. The Bertz CT molecular complexity index is 522. The minimum Gasteiger partial charge on any atom is -0.508 e. The highest BCUT2D eigenvalue weighted by atomic mass is 16.5. The summed E-state index contributed by atoms with van der Waals surface area (Å²) in [6, 6.07) is 6.69.